The smallest absolute Gasteiger partial charge is 0.166 e. The molecule has 0 aromatic heterocycles. The lowest BCUT2D eigenvalue weighted by molar-refractivity contribution is 0.272. The highest BCUT2D eigenvalue weighted by Gasteiger charge is 2.29. The van der Waals surface area contributed by atoms with Crippen LogP contribution in [0.5, 0.6) is 11.5 Å². The third-order valence-electron chi connectivity index (χ3n) is 3.76. The molecule has 1 N–H and O–H groups in total. The largest absolute Gasteiger partial charge is 0.493 e. The molecule has 1 unspecified atom stereocenters. The van der Waals surface area contributed by atoms with Crippen molar-refractivity contribution in [2.75, 3.05) is 13.7 Å². The van der Waals surface area contributed by atoms with Gasteiger partial charge in [0.25, 0.3) is 0 Å². The third-order valence-corrected chi connectivity index (χ3v) is 3.98. The SMILES string of the molecule is COc1cc(Cl)cc(C2CCCCN2)c1OC1CC1. The van der Waals surface area contributed by atoms with Crippen LogP contribution >= 0.6 is 11.6 Å². The normalized spacial score (nSPS) is 23.2. The number of halogens is 1. The summed E-state index contributed by atoms with van der Waals surface area (Å²) < 4.78 is 11.5. The maximum atomic E-state index is 6.21. The fourth-order valence-electron chi connectivity index (χ4n) is 2.60. The molecule has 1 saturated carbocycles. The molecular formula is C15H20ClNO2. The summed E-state index contributed by atoms with van der Waals surface area (Å²) in [7, 11) is 1.67. The van der Waals surface area contributed by atoms with Crippen LogP contribution in [0.3, 0.4) is 0 Å². The predicted molar refractivity (Wildman–Crippen MR) is 76.2 cm³/mol. The molecular weight excluding hydrogens is 262 g/mol. The first-order valence-corrected chi connectivity index (χ1v) is 7.43. The van der Waals surface area contributed by atoms with Crippen molar-refractivity contribution in [3.8, 4) is 11.5 Å². The van der Waals surface area contributed by atoms with Crippen molar-refractivity contribution in [3.05, 3.63) is 22.7 Å². The lowest BCUT2D eigenvalue weighted by Crippen LogP contribution is -2.27. The van der Waals surface area contributed by atoms with Crippen molar-refractivity contribution >= 4 is 11.6 Å². The van der Waals surface area contributed by atoms with Gasteiger partial charge in [0.1, 0.15) is 0 Å². The van der Waals surface area contributed by atoms with Gasteiger partial charge >= 0.3 is 0 Å². The second kappa shape index (κ2) is 5.59. The van der Waals surface area contributed by atoms with Gasteiger partial charge in [-0.15, -0.1) is 0 Å². The summed E-state index contributed by atoms with van der Waals surface area (Å²) in [6.45, 7) is 1.06. The number of nitrogens with one attached hydrogen (secondary N) is 1. The Kier molecular flexibility index (Phi) is 3.85. The van der Waals surface area contributed by atoms with Gasteiger partial charge < -0.3 is 14.8 Å². The van der Waals surface area contributed by atoms with Gasteiger partial charge in [0.2, 0.25) is 0 Å². The van der Waals surface area contributed by atoms with Gasteiger partial charge in [-0.05, 0) is 38.3 Å². The molecule has 0 bridgehead atoms. The summed E-state index contributed by atoms with van der Waals surface area (Å²) in [5.41, 5.74) is 1.15. The molecule has 104 valence electrons. The molecule has 1 aromatic rings. The Labute approximate surface area is 119 Å². The van der Waals surface area contributed by atoms with Crippen LogP contribution in [0.15, 0.2) is 12.1 Å². The lowest BCUT2D eigenvalue weighted by Gasteiger charge is -2.26. The van der Waals surface area contributed by atoms with E-state index in [1.807, 2.05) is 12.1 Å². The van der Waals surface area contributed by atoms with E-state index < -0.39 is 0 Å². The van der Waals surface area contributed by atoms with E-state index in [1.165, 1.54) is 12.8 Å². The Bertz CT molecular complexity index is 454. The minimum atomic E-state index is 0.329. The van der Waals surface area contributed by atoms with Crippen molar-refractivity contribution in [3.63, 3.8) is 0 Å². The van der Waals surface area contributed by atoms with Gasteiger partial charge in [0, 0.05) is 22.7 Å². The van der Waals surface area contributed by atoms with E-state index in [-0.39, 0.29) is 0 Å². The van der Waals surface area contributed by atoms with E-state index >= 15 is 0 Å². The number of methoxy groups -OCH3 is 1. The van der Waals surface area contributed by atoms with Crippen LogP contribution in [-0.2, 0) is 0 Å². The lowest BCUT2D eigenvalue weighted by atomic mass is 9.96. The van der Waals surface area contributed by atoms with Gasteiger partial charge in [-0.1, -0.05) is 18.0 Å². The quantitative estimate of drug-likeness (QED) is 0.913. The van der Waals surface area contributed by atoms with Crippen LogP contribution in [0.4, 0.5) is 0 Å². The average molecular weight is 282 g/mol. The average Bonchev–Trinajstić information content (AvgIpc) is 3.25. The van der Waals surface area contributed by atoms with E-state index in [4.69, 9.17) is 21.1 Å². The number of benzene rings is 1. The van der Waals surface area contributed by atoms with Crippen molar-refractivity contribution in [1.82, 2.24) is 5.32 Å². The number of hydrogen-bond donors (Lipinski definition) is 1. The van der Waals surface area contributed by atoms with Crippen molar-refractivity contribution in [2.24, 2.45) is 0 Å². The minimum Gasteiger partial charge on any atom is -0.493 e. The van der Waals surface area contributed by atoms with Gasteiger partial charge in [0.15, 0.2) is 11.5 Å². The van der Waals surface area contributed by atoms with E-state index in [2.05, 4.69) is 5.32 Å². The zero-order valence-electron chi connectivity index (χ0n) is 11.2. The zero-order chi connectivity index (χ0) is 13.2. The molecule has 1 aromatic carbocycles. The Morgan fingerprint density at radius 3 is 2.68 bits per heavy atom. The van der Waals surface area contributed by atoms with Crippen molar-refractivity contribution < 1.29 is 9.47 Å². The molecule has 1 atom stereocenters. The van der Waals surface area contributed by atoms with E-state index in [1.54, 1.807) is 7.11 Å². The maximum absolute atomic E-state index is 6.21. The van der Waals surface area contributed by atoms with Gasteiger partial charge in [-0.3, -0.25) is 0 Å². The van der Waals surface area contributed by atoms with Crippen LogP contribution in [0, 0.1) is 0 Å². The van der Waals surface area contributed by atoms with Gasteiger partial charge in [-0.25, -0.2) is 0 Å². The standard InChI is InChI=1S/C15H20ClNO2/c1-18-14-9-10(16)8-12(13-4-2-3-7-17-13)15(14)19-11-5-6-11/h8-9,11,13,17H,2-7H2,1H3. The molecule has 3 rings (SSSR count). The monoisotopic (exact) mass is 281 g/mol. The second-order valence-corrected chi connectivity index (χ2v) is 5.78. The molecule has 3 nitrogen and oxygen atoms in total. The molecule has 4 heteroatoms. The summed E-state index contributed by atoms with van der Waals surface area (Å²) in [4.78, 5) is 0. The summed E-state index contributed by atoms with van der Waals surface area (Å²) in [6, 6.07) is 4.19. The van der Waals surface area contributed by atoms with Crippen LogP contribution in [-0.4, -0.2) is 19.8 Å². The minimum absolute atomic E-state index is 0.329. The number of piperidine rings is 1. The van der Waals surface area contributed by atoms with Gasteiger partial charge in [0.05, 0.1) is 13.2 Å². The number of ether oxygens (including phenoxy) is 2. The Morgan fingerprint density at radius 2 is 2.05 bits per heavy atom. The summed E-state index contributed by atoms with van der Waals surface area (Å²) in [5, 5.41) is 4.26. The van der Waals surface area contributed by atoms with E-state index in [9.17, 15) is 0 Å². The molecule has 1 aliphatic heterocycles. The van der Waals surface area contributed by atoms with Crippen LogP contribution in [0.1, 0.15) is 43.7 Å². The van der Waals surface area contributed by atoms with Crippen LogP contribution in [0.25, 0.3) is 0 Å². The second-order valence-electron chi connectivity index (χ2n) is 5.35. The van der Waals surface area contributed by atoms with E-state index in [0.717, 1.165) is 42.9 Å². The van der Waals surface area contributed by atoms with Crippen LogP contribution < -0.4 is 14.8 Å². The first kappa shape index (κ1) is 13.1. The Balaban J connectivity index is 1.95. The fraction of sp³-hybridized carbons (Fsp3) is 0.600. The van der Waals surface area contributed by atoms with Gasteiger partial charge in [-0.2, -0.15) is 0 Å². The molecule has 2 fully saturated rings. The molecule has 1 heterocycles. The molecule has 1 saturated heterocycles. The topological polar surface area (TPSA) is 30.5 Å². The summed E-state index contributed by atoms with van der Waals surface area (Å²) in [5.74, 6) is 1.63. The predicted octanol–water partition coefficient (Wildman–Crippen LogP) is 3.70. The maximum Gasteiger partial charge on any atom is 0.166 e. The Morgan fingerprint density at radius 1 is 1.21 bits per heavy atom. The van der Waals surface area contributed by atoms with Crippen molar-refractivity contribution in [1.29, 1.82) is 0 Å². The number of hydrogen-bond acceptors (Lipinski definition) is 3. The highest BCUT2D eigenvalue weighted by molar-refractivity contribution is 6.30. The van der Waals surface area contributed by atoms with E-state index in [0.29, 0.717) is 17.2 Å². The molecule has 0 radical (unpaired) electrons. The third kappa shape index (κ3) is 2.98. The first-order chi connectivity index (χ1) is 9.28. The Hall–Kier alpha value is -0.930. The molecule has 19 heavy (non-hydrogen) atoms. The fourth-order valence-corrected chi connectivity index (χ4v) is 2.81. The molecule has 1 aliphatic carbocycles. The van der Waals surface area contributed by atoms with Crippen molar-refractivity contribution in [2.45, 2.75) is 44.2 Å². The highest BCUT2D eigenvalue weighted by Crippen LogP contribution is 2.42. The van der Waals surface area contributed by atoms with Crippen LogP contribution in [0.2, 0.25) is 5.02 Å². The highest BCUT2D eigenvalue weighted by atomic mass is 35.5. The summed E-state index contributed by atoms with van der Waals surface area (Å²) in [6.07, 6.45) is 6.26. The number of rotatable bonds is 4. The summed E-state index contributed by atoms with van der Waals surface area (Å²) >= 11 is 6.21. The molecule has 0 amide bonds. The first-order valence-electron chi connectivity index (χ1n) is 7.05. The molecule has 0 spiro atoms. The zero-order valence-corrected chi connectivity index (χ0v) is 12.0. The molecule has 2 aliphatic rings.